The fraction of sp³-hybridized carbons (Fsp3) is 0.125. The zero-order chi connectivity index (χ0) is 15.1. The monoisotopic (exact) mass is 284 g/mol. The number of carbonyl (C=O) groups is 2. The number of carboxylic acid groups (broad SMARTS) is 1. The van der Waals surface area contributed by atoms with Crippen molar-refractivity contribution in [3.05, 3.63) is 66.1 Å². The Hall–Kier alpha value is -2.82. The summed E-state index contributed by atoms with van der Waals surface area (Å²) in [6.45, 7) is 0. The maximum atomic E-state index is 11.7. The van der Waals surface area contributed by atoms with E-state index >= 15 is 0 Å². The van der Waals surface area contributed by atoms with Gasteiger partial charge in [-0.3, -0.25) is 4.79 Å². The van der Waals surface area contributed by atoms with Crippen molar-refractivity contribution in [3.8, 4) is 0 Å². The number of rotatable bonds is 6. The van der Waals surface area contributed by atoms with Crippen LogP contribution in [0.3, 0.4) is 0 Å². The van der Waals surface area contributed by atoms with Gasteiger partial charge in [-0.05, 0) is 30.2 Å². The van der Waals surface area contributed by atoms with Crippen molar-refractivity contribution < 1.29 is 19.1 Å². The van der Waals surface area contributed by atoms with Gasteiger partial charge in [-0.25, -0.2) is 0 Å². The fourth-order valence-corrected chi connectivity index (χ4v) is 1.81. The number of furan rings is 1. The van der Waals surface area contributed by atoms with Gasteiger partial charge in [0, 0.05) is 6.08 Å². The second-order valence-corrected chi connectivity index (χ2v) is 4.42. The number of hydrogen-bond donors (Lipinski definition) is 1. The van der Waals surface area contributed by atoms with E-state index in [-0.39, 0.29) is 6.42 Å². The standard InChI is InChI=1S/C16H15NO4/c18-15(9-8-13-7-4-10-21-13)17-14(16(19)20)11-12-5-2-1-3-6-12/h1-10,14H,11H2,(H,17,18)(H,19,20)/p-1/b9-8+/t14-/m0/s1. The number of carbonyl (C=O) groups excluding carboxylic acids is 2. The molecule has 0 saturated heterocycles. The molecule has 0 fully saturated rings. The molecule has 5 nitrogen and oxygen atoms in total. The van der Waals surface area contributed by atoms with E-state index in [2.05, 4.69) is 5.32 Å². The summed E-state index contributed by atoms with van der Waals surface area (Å²) in [6.07, 6.45) is 4.34. The lowest BCUT2D eigenvalue weighted by atomic mass is 10.1. The Morgan fingerprint density at radius 2 is 1.95 bits per heavy atom. The highest BCUT2D eigenvalue weighted by molar-refractivity contribution is 5.93. The van der Waals surface area contributed by atoms with Gasteiger partial charge in [0.25, 0.3) is 0 Å². The molecule has 0 aliphatic carbocycles. The van der Waals surface area contributed by atoms with E-state index in [1.54, 1.807) is 36.4 Å². The highest BCUT2D eigenvalue weighted by atomic mass is 16.4. The summed E-state index contributed by atoms with van der Waals surface area (Å²) in [5.74, 6) is -1.33. The molecule has 5 heteroatoms. The molecule has 21 heavy (non-hydrogen) atoms. The van der Waals surface area contributed by atoms with Gasteiger partial charge in [0.2, 0.25) is 5.91 Å². The minimum Gasteiger partial charge on any atom is -0.548 e. The van der Waals surface area contributed by atoms with Gasteiger partial charge in [-0.2, -0.15) is 0 Å². The minimum atomic E-state index is -1.32. The lowest BCUT2D eigenvalue weighted by molar-refractivity contribution is -0.308. The molecule has 1 heterocycles. The Morgan fingerprint density at radius 1 is 1.19 bits per heavy atom. The van der Waals surface area contributed by atoms with Gasteiger partial charge in [-0.15, -0.1) is 0 Å². The van der Waals surface area contributed by atoms with Crippen LogP contribution in [0.25, 0.3) is 6.08 Å². The van der Waals surface area contributed by atoms with E-state index in [1.165, 1.54) is 18.4 Å². The number of nitrogens with one attached hydrogen (secondary N) is 1. The molecule has 1 aromatic carbocycles. The van der Waals surface area contributed by atoms with Crippen molar-refractivity contribution in [2.24, 2.45) is 0 Å². The Balaban J connectivity index is 1.96. The first-order valence-corrected chi connectivity index (χ1v) is 6.42. The maximum absolute atomic E-state index is 11.7. The first-order valence-electron chi connectivity index (χ1n) is 6.42. The minimum absolute atomic E-state index is 0.170. The first kappa shape index (κ1) is 14.6. The second kappa shape index (κ2) is 7.09. The SMILES string of the molecule is O=C(/C=C/c1ccco1)N[C@@H](Cc1ccccc1)C(=O)[O-]. The molecule has 0 unspecified atom stereocenters. The summed E-state index contributed by atoms with van der Waals surface area (Å²) in [6, 6.07) is 11.3. The molecule has 1 aromatic heterocycles. The maximum Gasteiger partial charge on any atom is 0.244 e. The van der Waals surface area contributed by atoms with E-state index in [0.717, 1.165) is 5.56 Å². The molecular weight excluding hydrogens is 270 g/mol. The lowest BCUT2D eigenvalue weighted by Gasteiger charge is -2.18. The number of hydrogen-bond acceptors (Lipinski definition) is 4. The number of amides is 1. The van der Waals surface area contributed by atoms with Crippen molar-refractivity contribution >= 4 is 18.0 Å². The van der Waals surface area contributed by atoms with E-state index in [9.17, 15) is 14.7 Å². The van der Waals surface area contributed by atoms with Crippen molar-refractivity contribution in [2.45, 2.75) is 12.5 Å². The molecular formula is C16H14NO4-. The molecule has 0 saturated carbocycles. The lowest BCUT2D eigenvalue weighted by Crippen LogP contribution is -2.48. The normalized spacial score (nSPS) is 12.2. The van der Waals surface area contributed by atoms with Crippen LogP contribution in [-0.2, 0) is 16.0 Å². The largest absolute Gasteiger partial charge is 0.548 e. The molecule has 0 aliphatic rings. The van der Waals surface area contributed by atoms with Crippen LogP contribution in [-0.4, -0.2) is 17.9 Å². The molecule has 1 N–H and O–H groups in total. The Labute approximate surface area is 121 Å². The molecule has 0 spiro atoms. The van der Waals surface area contributed by atoms with Crippen LogP contribution in [0.5, 0.6) is 0 Å². The van der Waals surface area contributed by atoms with Gasteiger partial charge in [-0.1, -0.05) is 30.3 Å². The summed E-state index contributed by atoms with van der Waals surface area (Å²) >= 11 is 0. The summed E-state index contributed by atoms with van der Waals surface area (Å²) in [4.78, 5) is 22.8. The highest BCUT2D eigenvalue weighted by Crippen LogP contribution is 2.04. The molecule has 108 valence electrons. The third-order valence-electron chi connectivity index (χ3n) is 2.83. The molecule has 2 aromatic rings. The molecule has 0 radical (unpaired) electrons. The third kappa shape index (κ3) is 4.65. The molecule has 1 atom stereocenters. The predicted molar refractivity (Wildman–Crippen MR) is 74.8 cm³/mol. The summed E-state index contributed by atoms with van der Waals surface area (Å²) in [5.41, 5.74) is 0.807. The Bertz CT molecular complexity index is 617. The topological polar surface area (TPSA) is 82.4 Å². The van der Waals surface area contributed by atoms with E-state index in [4.69, 9.17) is 4.42 Å². The van der Waals surface area contributed by atoms with Gasteiger partial charge < -0.3 is 19.6 Å². The van der Waals surface area contributed by atoms with Crippen molar-refractivity contribution in [1.29, 1.82) is 0 Å². The van der Waals surface area contributed by atoms with Gasteiger partial charge in [0.1, 0.15) is 5.76 Å². The van der Waals surface area contributed by atoms with Crippen molar-refractivity contribution in [2.75, 3.05) is 0 Å². The molecule has 1 amide bonds. The van der Waals surface area contributed by atoms with Crippen molar-refractivity contribution in [3.63, 3.8) is 0 Å². The average molecular weight is 284 g/mol. The summed E-state index contributed by atoms with van der Waals surface area (Å²) in [5, 5.41) is 13.5. The van der Waals surface area contributed by atoms with E-state index < -0.39 is 17.9 Å². The highest BCUT2D eigenvalue weighted by Gasteiger charge is 2.12. The average Bonchev–Trinajstić information content (AvgIpc) is 2.99. The van der Waals surface area contributed by atoms with Crippen LogP contribution in [0.1, 0.15) is 11.3 Å². The van der Waals surface area contributed by atoms with E-state index in [1.807, 2.05) is 6.07 Å². The molecule has 2 rings (SSSR count). The number of carboxylic acids is 1. The Morgan fingerprint density at radius 3 is 2.57 bits per heavy atom. The van der Waals surface area contributed by atoms with Crippen LogP contribution < -0.4 is 10.4 Å². The van der Waals surface area contributed by atoms with Gasteiger partial charge >= 0.3 is 0 Å². The fourth-order valence-electron chi connectivity index (χ4n) is 1.81. The number of aliphatic carboxylic acids is 1. The van der Waals surface area contributed by atoms with Crippen LogP contribution in [0.2, 0.25) is 0 Å². The number of benzene rings is 1. The third-order valence-corrected chi connectivity index (χ3v) is 2.83. The Kier molecular flexibility index (Phi) is 4.93. The zero-order valence-corrected chi connectivity index (χ0v) is 11.2. The summed E-state index contributed by atoms with van der Waals surface area (Å²) in [7, 11) is 0. The van der Waals surface area contributed by atoms with Crippen LogP contribution in [0.15, 0.2) is 59.2 Å². The van der Waals surface area contributed by atoms with Gasteiger partial charge in [0.15, 0.2) is 0 Å². The predicted octanol–water partition coefficient (Wildman–Crippen LogP) is 0.770. The second-order valence-electron chi connectivity index (χ2n) is 4.42. The summed E-state index contributed by atoms with van der Waals surface area (Å²) < 4.78 is 5.04. The van der Waals surface area contributed by atoms with Crippen LogP contribution in [0.4, 0.5) is 0 Å². The smallest absolute Gasteiger partial charge is 0.244 e. The van der Waals surface area contributed by atoms with E-state index in [0.29, 0.717) is 5.76 Å². The van der Waals surface area contributed by atoms with Crippen LogP contribution >= 0.6 is 0 Å². The molecule has 0 bridgehead atoms. The van der Waals surface area contributed by atoms with Gasteiger partial charge in [0.05, 0.1) is 18.3 Å². The van der Waals surface area contributed by atoms with Crippen molar-refractivity contribution in [1.82, 2.24) is 5.32 Å². The first-order chi connectivity index (χ1) is 10.1. The quantitative estimate of drug-likeness (QED) is 0.794. The van der Waals surface area contributed by atoms with Crippen LogP contribution in [0, 0.1) is 0 Å². The zero-order valence-electron chi connectivity index (χ0n) is 11.2. The molecule has 0 aliphatic heterocycles.